The van der Waals surface area contributed by atoms with Gasteiger partial charge in [-0.15, -0.1) is 11.3 Å². The topological polar surface area (TPSA) is 556 Å². The Balaban J connectivity index is 0.000000127. The summed E-state index contributed by atoms with van der Waals surface area (Å²) >= 11 is 7.29. The van der Waals surface area contributed by atoms with Crippen molar-refractivity contribution in [2.24, 2.45) is 22.7 Å². The molecule has 13 amide bonds. The van der Waals surface area contributed by atoms with Crippen LogP contribution in [0.4, 0.5) is 4.79 Å². The SMILES string of the molecule is CC(C)(C)C(=O)N1CCc2ncc(C(=O)NO)cc2C1.Cc1nc(C(=O)N2CCc3nc(C(=O)NO)ccc3C2)cs1.O=C(NO)c1ccc2c(n1)CCN(C(=O)NCc1ccccc1)C2.O=C(NO)c1cnc2c(c1)CCN(C(=O)C13CC4CC(CC(O)(C4)C1)C3)C2.O=C(NO)c1cnc2c(c1)CCN(C(=O)c1ccc(Cl)cc1)C2.O=C(NO)c1cnc2c(c1)CN(C(=O)c1[nH]c3ccccc3c1-c1ccccc1)CC2. The minimum absolute atomic E-state index is 0.0775. The van der Waals surface area contributed by atoms with Crippen molar-refractivity contribution in [1.29, 1.82) is 0 Å². The zero-order valence-corrected chi connectivity index (χ0v) is 82.4. The molecule has 40 nitrogen and oxygen atoms in total. The maximum absolute atomic E-state index is 13.6. The number of nitrogens with one attached hydrogen (secondary N) is 8. The number of aromatic amines is 1. The van der Waals surface area contributed by atoms with E-state index < -0.39 is 51.9 Å². The predicted octanol–water partition coefficient (Wildman–Crippen LogP) is 10.8. The number of aromatic nitrogens is 8. The van der Waals surface area contributed by atoms with Crippen LogP contribution in [0.3, 0.4) is 0 Å². The number of H-pyrrole nitrogens is 1. The molecule has 10 aliphatic rings. The number of aliphatic hydroxyl groups is 1. The van der Waals surface area contributed by atoms with E-state index in [0.29, 0.717) is 175 Å². The molecule has 4 aliphatic carbocycles. The second-order valence-corrected chi connectivity index (χ2v) is 40.0. The number of thiazole rings is 1. The van der Waals surface area contributed by atoms with Gasteiger partial charge in [-0.05, 0) is 181 Å². The van der Waals surface area contributed by atoms with Crippen LogP contribution in [0.1, 0.15) is 231 Å². The highest BCUT2D eigenvalue weighted by Gasteiger charge is 2.61. The number of hydrogen-bond donors (Lipinski definition) is 15. The Morgan fingerprint density at radius 1 is 0.429 bits per heavy atom. The molecule has 14 heterocycles. The van der Waals surface area contributed by atoms with Gasteiger partial charge in [0.15, 0.2) is 0 Å². The minimum Gasteiger partial charge on any atom is -0.390 e. The molecule has 4 saturated carbocycles. The van der Waals surface area contributed by atoms with Gasteiger partial charge in [-0.3, -0.25) is 104 Å². The number of hydroxylamine groups is 6. The Labute approximate surface area is 852 Å². The smallest absolute Gasteiger partial charge is 0.317 e. The van der Waals surface area contributed by atoms with E-state index in [9.17, 15) is 62.6 Å². The number of aryl methyl sites for hydroxylation is 1. The van der Waals surface area contributed by atoms with Crippen LogP contribution in [-0.4, -0.2) is 222 Å². The third-order valence-corrected chi connectivity index (χ3v) is 28.5. The first kappa shape index (κ1) is 104. The highest BCUT2D eigenvalue weighted by Crippen LogP contribution is 2.62. The molecule has 12 aromatic rings. The second kappa shape index (κ2) is 45.8. The van der Waals surface area contributed by atoms with Gasteiger partial charge in [0.05, 0.1) is 62.8 Å². The maximum atomic E-state index is 13.6. The van der Waals surface area contributed by atoms with Gasteiger partial charge in [-0.1, -0.05) is 123 Å². The molecule has 762 valence electrons. The van der Waals surface area contributed by atoms with Gasteiger partial charge in [0.25, 0.3) is 53.2 Å². The number of para-hydroxylation sites is 1. The Morgan fingerprint density at radius 2 is 0.864 bits per heavy atom. The lowest BCUT2D eigenvalue weighted by Crippen LogP contribution is -2.61. The van der Waals surface area contributed by atoms with Gasteiger partial charge in [0, 0.05) is 183 Å². The summed E-state index contributed by atoms with van der Waals surface area (Å²) in [4.78, 5) is 189. The van der Waals surface area contributed by atoms with Gasteiger partial charge in [0.2, 0.25) is 11.8 Å². The highest BCUT2D eigenvalue weighted by atomic mass is 35.5. The number of rotatable bonds is 13. The van der Waals surface area contributed by atoms with E-state index in [4.69, 9.17) is 42.8 Å². The van der Waals surface area contributed by atoms with Crippen molar-refractivity contribution >= 4 is 105 Å². The molecule has 0 radical (unpaired) electrons. The lowest BCUT2D eigenvalue weighted by atomic mass is 9.47. The lowest BCUT2D eigenvalue weighted by molar-refractivity contribution is -0.186. The van der Waals surface area contributed by atoms with Crippen LogP contribution in [0, 0.1) is 29.6 Å². The van der Waals surface area contributed by atoms with Crippen molar-refractivity contribution in [2.75, 3.05) is 39.3 Å². The van der Waals surface area contributed by atoms with Crippen LogP contribution in [0.25, 0.3) is 22.0 Å². The maximum Gasteiger partial charge on any atom is 0.317 e. The molecule has 22 rings (SSSR count). The fraction of sp³-hybridized carbons (Fsp3) is 0.324. The van der Waals surface area contributed by atoms with Crippen molar-refractivity contribution in [3.63, 3.8) is 0 Å². The van der Waals surface area contributed by atoms with E-state index in [-0.39, 0.29) is 58.1 Å². The van der Waals surface area contributed by atoms with Crippen molar-refractivity contribution < 1.29 is 93.9 Å². The molecular weight excluding hydrogens is 1930 g/mol. The molecule has 8 aromatic heterocycles. The van der Waals surface area contributed by atoms with E-state index in [0.717, 1.165) is 132 Å². The summed E-state index contributed by atoms with van der Waals surface area (Å²) in [6.45, 7) is 13.9. The predicted molar refractivity (Wildman–Crippen MR) is 531 cm³/mol. The largest absolute Gasteiger partial charge is 0.390 e. The second-order valence-electron chi connectivity index (χ2n) is 38.5. The zero-order valence-electron chi connectivity index (χ0n) is 80.9. The van der Waals surface area contributed by atoms with Crippen LogP contribution in [0.2, 0.25) is 5.02 Å². The number of carbonyl (C=O) groups is 12. The number of hydrogen-bond acceptors (Lipinski definition) is 27. The van der Waals surface area contributed by atoms with Crippen LogP contribution >= 0.6 is 22.9 Å². The average Bonchev–Trinajstić information content (AvgIpc) is 0.943. The molecule has 147 heavy (non-hydrogen) atoms. The van der Waals surface area contributed by atoms with E-state index in [1.807, 2.05) is 118 Å². The molecular formula is C105H110ClN21O19S. The molecule has 0 spiro atoms. The first-order valence-corrected chi connectivity index (χ1v) is 49.1. The Kier molecular flexibility index (Phi) is 32.5. The quantitative estimate of drug-likeness (QED) is 0.0376. The number of carbonyl (C=O) groups excluding carboxylic acids is 12. The summed E-state index contributed by atoms with van der Waals surface area (Å²) in [7, 11) is 0. The average molecular weight is 2040 g/mol. The van der Waals surface area contributed by atoms with Gasteiger partial charge in [0.1, 0.15) is 22.8 Å². The van der Waals surface area contributed by atoms with Gasteiger partial charge in [-0.25, -0.2) is 52.6 Å². The highest BCUT2D eigenvalue weighted by molar-refractivity contribution is 7.09. The van der Waals surface area contributed by atoms with Crippen LogP contribution in [-0.2, 0) is 93.9 Å². The molecule has 0 saturated heterocycles. The summed E-state index contributed by atoms with van der Waals surface area (Å²) in [6, 6.07) is 47.5. The van der Waals surface area contributed by atoms with E-state index in [1.54, 1.807) is 123 Å². The number of pyridine rings is 6. The fourth-order valence-electron chi connectivity index (χ4n) is 20.6. The summed E-state index contributed by atoms with van der Waals surface area (Å²) in [5.74, 6) is -2.72. The number of fused-ring (bicyclic) bond motifs is 7. The van der Waals surface area contributed by atoms with Crippen molar-refractivity contribution in [2.45, 2.75) is 156 Å². The van der Waals surface area contributed by atoms with Crippen molar-refractivity contribution in [1.82, 2.24) is 107 Å². The third kappa shape index (κ3) is 24.3. The molecule has 42 heteroatoms. The molecule has 2 unspecified atom stereocenters. The van der Waals surface area contributed by atoms with Crippen LogP contribution in [0.5, 0.6) is 0 Å². The van der Waals surface area contributed by atoms with Crippen molar-refractivity contribution in [3.8, 4) is 11.1 Å². The monoisotopic (exact) mass is 2040 g/mol. The molecule has 2 atom stereocenters. The number of amides is 13. The summed E-state index contributed by atoms with van der Waals surface area (Å²) in [5, 5.41) is 70.3. The van der Waals surface area contributed by atoms with Crippen LogP contribution in [0.15, 0.2) is 188 Å². The molecule has 4 bridgehead atoms. The number of halogens is 1. The number of urea groups is 1. The normalized spacial score (nSPS) is 17.7. The first-order valence-electron chi connectivity index (χ1n) is 47.9. The molecule has 6 aliphatic heterocycles. The zero-order chi connectivity index (χ0) is 104. The van der Waals surface area contributed by atoms with Crippen LogP contribution < -0.4 is 38.2 Å². The minimum atomic E-state index is -0.641. The fourth-order valence-corrected chi connectivity index (χ4v) is 21.3. The van der Waals surface area contributed by atoms with E-state index in [2.05, 4.69) is 45.2 Å². The molecule has 4 fully saturated rings. The number of benzene rings is 4. The van der Waals surface area contributed by atoms with Gasteiger partial charge < -0.3 is 44.8 Å². The lowest BCUT2D eigenvalue weighted by Gasteiger charge is -2.60. The van der Waals surface area contributed by atoms with Gasteiger partial charge in [-0.2, -0.15) is 0 Å². The molecule has 15 N–H and O–H groups in total. The Morgan fingerprint density at radius 3 is 1.37 bits per heavy atom. The van der Waals surface area contributed by atoms with E-state index >= 15 is 0 Å². The van der Waals surface area contributed by atoms with E-state index in [1.165, 1.54) is 48.3 Å². The Bertz CT molecular complexity index is 7020. The third-order valence-electron chi connectivity index (χ3n) is 27.4. The summed E-state index contributed by atoms with van der Waals surface area (Å²) < 4.78 is 0. The standard InChI is InChI=1S/C24H20N4O3.C20H25N3O4.C17H18N4O3.C16H14ClN3O3.C14H14N4O3S.C14H19N3O3/c29-23(27-31)16-12-17-14-28(11-10-19(17)25-13-16)24(30)22-21(15-6-2-1-3-7-15)18-8-4-5-9-20(18)26-22;24-17(22-27)15-4-14-1-2-23(10-16(14)21-9-15)18(25)19-5-12-3-13(6-19)8-20(26,7-12)11-19;22-16(20-24)15-7-6-13-11-21(9-8-14(13)19-15)17(23)18-10-12-4-2-1-3-5-12;17-13-3-1-10(2-4-13)16(22)20-6-5-11-7-12(15(21)19-23)8-18-14(11)9-20;1-8-15-12(7-22-8)14(20)18-5-4-10-9(6-18)2-3-11(16-10)13(19)17-21;1-14(2,3)13(19)17-5-4-11-10(8-17)6-9(7-15-11)12(18)16-20/h1-9,12-13,26,31H,10-11,14H2,(H,27,29);4,9,12-13,26-27H,1-3,5-8,10-11H2,(H,22,24);1-7,24H,8-11H2,(H,18,23)(H,20,22);1-4,7-8,23H,5-6,9H2,(H,19,21);2-3,7,21H,4-6H2,1H3,(H,17,19);6-7,20H,4-5,8H2,1-3H3,(H,16,18). The summed E-state index contributed by atoms with van der Waals surface area (Å²) in [5.41, 5.74) is 25.2. The van der Waals surface area contributed by atoms with Gasteiger partial charge >= 0.3 is 6.03 Å². The summed E-state index contributed by atoms with van der Waals surface area (Å²) in [6.07, 6.45) is 14.7. The Hall–Kier alpha value is -15.6. The first-order chi connectivity index (χ1) is 70.7. The molecule has 4 aromatic carbocycles. The number of nitrogens with zero attached hydrogens (tertiary/aromatic N) is 13. The van der Waals surface area contributed by atoms with Crippen molar-refractivity contribution in [3.05, 3.63) is 322 Å².